The highest BCUT2D eigenvalue weighted by Gasteiger charge is 2.31. The Balaban J connectivity index is 1.87. The van der Waals surface area contributed by atoms with Gasteiger partial charge in [-0.2, -0.15) is 5.10 Å². The normalized spacial score (nSPS) is 14.4. The van der Waals surface area contributed by atoms with Crippen LogP contribution >= 0.6 is 0 Å². The molecule has 2 aromatic rings. The van der Waals surface area contributed by atoms with Gasteiger partial charge >= 0.3 is 5.97 Å². The Bertz CT molecular complexity index is 888. The quantitative estimate of drug-likeness (QED) is 0.453. The van der Waals surface area contributed by atoms with E-state index < -0.39 is 16.8 Å². The molecule has 0 aliphatic heterocycles. The third-order valence-electron chi connectivity index (χ3n) is 4.50. The van der Waals surface area contributed by atoms with Crippen molar-refractivity contribution in [3.05, 3.63) is 51.7 Å². The first-order valence-electron chi connectivity index (χ1n) is 8.72. The second-order valence-electron chi connectivity index (χ2n) is 6.44. The Morgan fingerprint density at radius 3 is 2.70 bits per heavy atom. The highest BCUT2D eigenvalue weighted by molar-refractivity contribution is 6.06. The molecule has 3 rings (SSSR count). The van der Waals surface area contributed by atoms with Gasteiger partial charge in [0.2, 0.25) is 0 Å². The Labute approximate surface area is 155 Å². The zero-order chi connectivity index (χ0) is 19.6. The number of hydrogen-bond donors (Lipinski definition) is 1. The zero-order valence-corrected chi connectivity index (χ0v) is 15.0. The van der Waals surface area contributed by atoms with Gasteiger partial charge in [-0.05, 0) is 38.7 Å². The van der Waals surface area contributed by atoms with E-state index in [0.29, 0.717) is 11.7 Å². The number of anilines is 1. The highest BCUT2D eigenvalue weighted by Crippen LogP contribution is 2.40. The van der Waals surface area contributed by atoms with Crippen LogP contribution in [0.25, 0.3) is 0 Å². The number of esters is 1. The SMILES string of the molecule is CCOC(=O)c1cc(C(=O)Nc2ccnn2C(C)C2CC2)cc([N+](=O)[O-])c1. The monoisotopic (exact) mass is 372 g/mol. The van der Waals surface area contributed by atoms with Gasteiger partial charge in [-0.25, -0.2) is 9.48 Å². The fourth-order valence-corrected chi connectivity index (χ4v) is 2.88. The molecule has 1 amide bonds. The Kier molecular flexibility index (Phi) is 5.20. The van der Waals surface area contributed by atoms with Gasteiger partial charge in [0.05, 0.1) is 29.3 Å². The second-order valence-corrected chi connectivity index (χ2v) is 6.44. The Morgan fingerprint density at radius 2 is 2.07 bits per heavy atom. The van der Waals surface area contributed by atoms with Crippen LogP contribution < -0.4 is 5.32 Å². The first-order valence-corrected chi connectivity index (χ1v) is 8.72. The van der Waals surface area contributed by atoms with Crippen LogP contribution in [-0.2, 0) is 4.74 Å². The number of amides is 1. The number of nitro groups is 1. The predicted molar refractivity (Wildman–Crippen MR) is 96.7 cm³/mol. The lowest BCUT2D eigenvalue weighted by molar-refractivity contribution is -0.384. The van der Waals surface area contributed by atoms with Gasteiger partial charge in [0.15, 0.2) is 0 Å². The molecule has 1 aliphatic rings. The van der Waals surface area contributed by atoms with Crippen molar-refractivity contribution in [3.8, 4) is 0 Å². The number of aromatic nitrogens is 2. The van der Waals surface area contributed by atoms with Crippen molar-refractivity contribution in [2.24, 2.45) is 5.92 Å². The molecule has 1 heterocycles. The molecule has 9 nitrogen and oxygen atoms in total. The van der Waals surface area contributed by atoms with Crippen LogP contribution in [0.4, 0.5) is 11.5 Å². The van der Waals surface area contributed by atoms with Gasteiger partial charge < -0.3 is 10.1 Å². The van der Waals surface area contributed by atoms with Crippen molar-refractivity contribution in [3.63, 3.8) is 0 Å². The van der Waals surface area contributed by atoms with E-state index in [9.17, 15) is 19.7 Å². The highest BCUT2D eigenvalue weighted by atomic mass is 16.6. The van der Waals surface area contributed by atoms with Crippen molar-refractivity contribution in [2.45, 2.75) is 32.7 Å². The van der Waals surface area contributed by atoms with Crippen LogP contribution in [0.2, 0.25) is 0 Å². The van der Waals surface area contributed by atoms with E-state index in [2.05, 4.69) is 10.4 Å². The summed E-state index contributed by atoms with van der Waals surface area (Å²) in [6, 6.07) is 5.32. The molecule has 1 fully saturated rings. The molecule has 1 aliphatic carbocycles. The number of nitrogens with one attached hydrogen (secondary N) is 1. The number of carbonyl (C=O) groups excluding carboxylic acids is 2. The van der Waals surface area contributed by atoms with E-state index in [-0.39, 0.29) is 29.5 Å². The Morgan fingerprint density at radius 1 is 1.37 bits per heavy atom. The summed E-state index contributed by atoms with van der Waals surface area (Å²) >= 11 is 0. The maximum Gasteiger partial charge on any atom is 0.338 e. The van der Waals surface area contributed by atoms with Gasteiger partial charge in [-0.3, -0.25) is 14.9 Å². The lowest BCUT2D eigenvalue weighted by Crippen LogP contribution is -2.19. The predicted octanol–water partition coefficient (Wildman–Crippen LogP) is 3.19. The van der Waals surface area contributed by atoms with Crippen molar-refractivity contribution in [2.75, 3.05) is 11.9 Å². The lowest BCUT2D eigenvalue weighted by atomic mass is 10.1. The molecule has 27 heavy (non-hydrogen) atoms. The van der Waals surface area contributed by atoms with E-state index in [4.69, 9.17) is 4.74 Å². The third kappa shape index (κ3) is 4.13. The van der Waals surface area contributed by atoms with E-state index in [0.717, 1.165) is 25.0 Å². The molecule has 1 aromatic heterocycles. The van der Waals surface area contributed by atoms with E-state index in [1.807, 2.05) is 6.92 Å². The first-order chi connectivity index (χ1) is 12.9. The van der Waals surface area contributed by atoms with Gasteiger partial charge in [-0.15, -0.1) is 0 Å². The number of nitro benzene ring substituents is 1. The number of carbonyl (C=O) groups is 2. The first kappa shape index (κ1) is 18.6. The molecule has 1 aromatic carbocycles. The van der Waals surface area contributed by atoms with Crippen LogP contribution in [0.15, 0.2) is 30.5 Å². The largest absolute Gasteiger partial charge is 0.462 e. The molecule has 9 heteroatoms. The number of non-ortho nitro benzene ring substituents is 1. The molecule has 0 saturated heterocycles. The number of benzene rings is 1. The Hall–Kier alpha value is -3.23. The van der Waals surface area contributed by atoms with Gasteiger partial charge in [0.1, 0.15) is 5.82 Å². The van der Waals surface area contributed by atoms with Crippen LogP contribution in [0.1, 0.15) is 53.4 Å². The summed E-state index contributed by atoms with van der Waals surface area (Å²) in [5, 5.41) is 18.1. The maximum absolute atomic E-state index is 12.7. The lowest BCUT2D eigenvalue weighted by Gasteiger charge is -2.15. The van der Waals surface area contributed by atoms with Crippen LogP contribution in [0.3, 0.4) is 0 Å². The van der Waals surface area contributed by atoms with Crippen molar-refractivity contribution < 1.29 is 19.2 Å². The third-order valence-corrected chi connectivity index (χ3v) is 4.50. The average molecular weight is 372 g/mol. The molecule has 0 radical (unpaired) electrons. The van der Waals surface area contributed by atoms with Gasteiger partial charge in [-0.1, -0.05) is 0 Å². The molecule has 1 saturated carbocycles. The number of rotatable bonds is 7. The number of hydrogen-bond acceptors (Lipinski definition) is 6. The van der Waals surface area contributed by atoms with Crippen molar-refractivity contribution in [1.29, 1.82) is 0 Å². The van der Waals surface area contributed by atoms with Gasteiger partial charge in [0.25, 0.3) is 11.6 Å². The number of nitrogens with zero attached hydrogens (tertiary/aromatic N) is 3. The van der Waals surface area contributed by atoms with E-state index in [1.54, 1.807) is 23.9 Å². The molecular weight excluding hydrogens is 352 g/mol. The number of ether oxygens (including phenoxy) is 1. The van der Waals surface area contributed by atoms with Gasteiger partial charge in [0, 0.05) is 23.8 Å². The summed E-state index contributed by atoms with van der Waals surface area (Å²) in [7, 11) is 0. The minimum absolute atomic E-state index is 0.000854. The average Bonchev–Trinajstić information content (AvgIpc) is 3.40. The van der Waals surface area contributed by atoms with Crippen LogP contribution in [0.5, 0.6) is 0 Å². The summed E-state index contributed by atoms with van der Waals surface area (Å²) in [5.41, 5.74) is -0.402. The summed E-state index contributed by atoms with van der Waals surface area (Å²) < 4.78 is 6.62. The summed E-state index contributed by atoms with van der Waals surface area (Å²) in [5.74, 6) is -0.242. The molecule has 1 N–H and O–H groups in total. The molecule has 1 atom stereocenters. The van der Waals surface area contributed by atoms with Crippen LogP contribution in [-0.4, -0.2) is 33.2 Å². The maximum atomic E-state index is 12.7. The summed E-state index contributed by atoms with van der Waals surface area (Å²) in [4.78, 5) is 35.1. The topological polar surface area (TPSA) is 116 Å². The minimum atomic E-state index is -0.720. The molecule has 142 valence electrons. The minimum Gasteiger partial charge on any atom is -0.462 e. The second kappa shape index (κ2) is 7.56. The molecule has 0 spiro atoms. The van der Waals surface area contributed by atoms with E-state index >= 15 is 0 Å². The molecule has 1 unspecified atom stereocenters. The van der Waals surface area contributed by atoms with E-state index in [1.165, 1.54) is 6.07 Å². The smallest absolute Gasteiger partial charge is 0.338 e. The summed E-state index contributed by atoms with van der Waals surface area (Å²) in [6.45, 7) is 3.79. The van der Waals surface area contributed by atoms with Crippen molar-refractivity contribution >= 4 is 23.4 Å². The fourth-order valence-electron chi connectivity index (χ4n) is 2.88. The summed E-state index contributed by atoms with van der Waals surface area (Å²) in [6.07, 6.45) is 3.84. The van der Waals surface area contributed by atoms with Crippen molar-refractivity contribution in [1.82, 2.24) is 9.78 Å². The standard InChI is InChI=1S/C18H20N4O5/c1-3-27-18(24)14-8-13(9-15(10-14)22(25)26)17(23)20-16-6-7-19-21(16)11(2)12-4-5-12/h6-12H,3-5H2,1-2H3,(H,20,23). The van der Waals surface area contributed by atoms with Crippen LogP contribution in [0, 0.1) is 16.0 Å². The fraction of sp³-hybridized carbons (Fsp3) is 0.389. The molecular formula is C18H20N4O5. The molecule has 0 bridgehead atoms. The zero-order valence-electron chi connectivity index (χ0n) is 15.0.